The number of hydrogen-bond acceptors (Lipinski definition) is 7. The topological polar surface area (TPSA) is 194 Å². The van der Waals surface area contributed by atoms with Crippen LogP contribution in [0.25, 0.3) is 0 Å². The zero-order chi connectivity index (χ0) is 33.9. The average Bonchev–Trinajstić information content (AvgIpc) is 2.98. The Labute approximate surface area is 267 Å². The smallest absolute Gasteiger partial charge is 0.248 e. The van der Waals surface area contributed by atoms with Crippen molar-refractivity contribution in [1.29, 1.82) is 0 Å². The van der Waals surface area contributed by atoms with Crippen LogP contribution in [0.4, 0.5) is 0 Å². The first-order valence-corrected chi connectivity index (χ1v) is 17.4. The minimum absolute atomic E-state index is 0.0756. The predicted octanol–water partition coefficient (Wildman–Crippen LogP) is 0.952. The third-order valence-electron chi connectivity index (χ3n) is 8.30. The lowest BCUT2D eigenvalue weighted by Gasteiger charge is -2.34. The normalized spacial score (nSPS) is 13.7. The molecule has 45 heavy (non-hydrogen) atoms. The number of amides is 4. The standard InChI is InChI=1S/C33H49N5O6Si/c1-21(2)33(35,28(39)19-25-12-14-26(15-13-25)45(44,22(3)4)23(5)6)32(43)36-17-16-30(41)38-27(31(42)37-20-29(34)40)18-24-10-8-7-9-11-24/h7-15,21-23,27,44H,16-20,35H2,1-6H3,(H2,34,40)(H,36,43)(H,37,42)(H,38,41)/t27-,33+/m0/s1. The molecular formula is C33H49N5O6Si. The van der Waals surface area contributed by atoms with Crippen molar-refractivity contribution in [2.24, 2.45) is 17.4 Å². The Morgan fingerprint density at radius 3 is 1.93 bits per heavy atom. The molecule has 0 spiro atoms. The molecule has 2 aromatic carbocycles. The van der Waals surface area contributed by atoms with Crippen LogP contribution in [0, 0.1) is 5.92 Å². The van der Waals surface area contributed by atoms with E-state index in [9.17, 15) is 28.8 Å². The predicted molar refractivity (Wildman–Crippen MR) is 177 cm³/mol. The SMILES string of the molecule is CC(C)[C@@](N)(C(=O)Cc1ccc([Si](O)(C(C)C)C(C)C)cc1)C(=O)NCCC(=O)N[C@@H](Cc1ccccc1)C(=O)NCC(N)=O. The molecule has 0 aliphatic heterocycles. The molecule has 0 bridgehead atoms. The zero-order valence-corrected chi connectivity index (χ0v) is 28.2. The van der Waals surface area contributed by atoms with Crippen LogP contribution >= 0.6 is 0 Å². The van der Waals surface area contributed by atoms with Gasteiger partial charge in [-0.1, -0.05) is 96.1 Å². The summed E-state index contributed by atoms with van der Waals surface area (Å²) in [7, 11) is -2.73. The van der Waals surface area contributed by atoms with E-state index in [-0.39, 0.29) is 43.4 Å². The van der Waals surface area contributed by atoms with Gasteiger partial charge < -0.3 is 32.2 Å². The van der Waals surface area contributed by atoms with Crippen molar-refractivity contribution in [3.8, 4) is 0 Å². The van der Waals surface area contributed by atoms with E-state index >= 15 is 0 Å². The fourth-order valence-electron chi connectivity index (χ4n) is 5.32. The molecule has 2 aromatic rings. The van der Waals surface area contributed by atoms with Crippen LogP contribution in [-0.4, -0.2) is 67.2 Å². The Hall–Kier alpha value is -3.87. The van der Waals surface area contributed by atoms with Crippen LogP contribution < -0.4 is 32.6 Å². The van der Waals surface area contributed by atoms with Crippen LogP contribution in [0.1, 0.15) is 59.1 Å². The number of benzene rings is 2. The fraction of sp³-hybridized carbons (Fsp3) is 0.485. The molecule has 0 unspecified atom stereocenters. The van der Waals surface area contributed by atoms with Gasteiger partial charge in [-0.25, -0.2) is 0 Å². The van der Waals surface area contributed by atoms with Gasteiger partial charge in [0.15, 0.2) is 11.3 Å². The summed E-state index contributed by atoms with van der Waals surface area (Å²) in [6.45, 7) is 10.9. The summed E-state index contributed by atoms with van der Waals surface area (Å²) in [4.78, 5) is 74.7. The molecule has 0 saturated carbocycles. The van der Waals surface area contributed by atoms with Crippen LogP contribution in [0.5, 0.6) is 0 Å². The monoisotopic (exact) mass is 639 g/mol. The minimum atomic E-state index is -2.73. The molecule has 8 N–H and O–H groups in total. The molecule has 2 rings (SSSR count). The number of Topliss-reactive ketones (excluding diaryl/α,β-unsaturated/α-hetero) is 1. The van der Waals surface area contributed by atoms with Crippen molar-refractivity contribution < 1.29 is 28.8 Å². The van der Waals surface area contributed by atoms with Crippen LogP contribution in [0.15, 0.2) is 54.6 Å². The average molecular weight is 640 g/mol. The maximum Gasteiger partial charge on any atom is 0.248 e. The second kappa shape index (κ2) is 16.4. The summed E-state index contributed by atoms with van der Waals surface area (Å²) < 4.78 is 0. The Morgan fingerprint density at radius 1 is 0.844 bits per heavy atom. The summed E-state index contributed by atoms with van der Waals surface area (Å²) in [5.41, 5.74) is 11.4. The van der Waals surface area contributed by atoms with Crippen molar-refractivity contribution in [2.75, 3.05) is 13.1 Å². The lowest BCUT2D eigenvalue weighted by atomic mass is 9.80. The van der Waals surface area contributed by atoms with Gasteiger partial charge >= 0.3 is 0 Å². The third-order valence-corrected chi connectivity index (χ3v) is 13.1. The van der Waals surface area contributed by atoms with E-state index in [0.717, 1.165) is 10.8 Å². The summed E-state index contributed by atoms with van der Waals surface area (Å²) in [6, 6.07) is 15.4. The van der Waals surface area contributed by atoms with Crippen LogP contribution in [0.2, 0.25) is 11.1 Å². The molecule has 246 valence electrons. The van der Waals surface area contributed by atoms with Gasteiger partial charge in [0.2, 0.25) is 31.9 Å². The highest BCUT2D eigenvalue weighted by molar-refractivity contribution is 6.87. The number of rotatable bonds is 17. The van der Waals surface area contributed by atoms with Gasteiger partial charge in [0.25, 0.3) is 0 Å². The van der Waals surface area contributed by atoms with Gasteiger partial charge in [0.1, 0.15) is 6.04 Å². The summed E-state index contributed by atoms with van der Waals surface area (Å²) >= 11 is 0. The third kappa shape index (κ3) is 9.81. The molecule has 0 radical (unpaired) electrons. The van der Waals surface area contributed by atoms with Gasteiger partial charge in [-0.3, -0.25) is 24.0 Å². The van der Waals surface area contributed by atoms with Gasteiger partial charge in [-0.05, 0) is 33.3 Å². The number of carbonyl (C=O) groups is 5. The highest BCUT2D eigenvalue weighted by Gasteiger charge is 2.44. The lowest BCUT2D eigenvalue weighted by molar-refractivity contribution is -0.137. The van der Waals surface area contributed by atoms with E-state index in [1.807, 2.05) is 45.9 Å². The molecule has 11 nitrogen and oxygen atoms in total. The summed E-state index contributed by atoms with van der Waals surface area (Å²) in [5.74, 6) is -3.52. The highest BCUT2D eigenvalue weighted by Crippen LogP contribution is 2.29. The molecule has 4 amide bonds. The minimum Gasteiger partial charge on any atom is -0.427 e. The highest BCUT2D eigenvalue weighted by atomic mass is 28.4. The zero-order valence-electron chi connectivity index (χ0n) is 27.2. The first kappa shape index (κ1) is 37.3. The maximum atomic E-state index is 13.4. The number of nitrogens with two attached hydrogens (primary N) is 2. The molecular weight excluding hydrogens is 590 g/mol. The molecule has 0 aliphatic rings. The van der Waals surface area contributed by atoms with Gasteiger partial charge in [0.05, 0.1) is 6.54 Å². The molecule has 0 fully saturated rings. The molecule has 0 aliphatic carbocycles. The largest absolute Gasteiger partial charge is 0.427 e. The quantitative estimate of drug-likeness (QED) is 0.110. The number of ketones is 1. The molecule has 0 saturated heterocycles. The number of carbonyl (C=O) groups excluding carboxylic acids is 5. The van der Waals surface area contributed by atoms with Crippen molar-refractivity contribution in [3.63, 3.8) is 0 Å². The molecule has 12 heteroatoms. The molecule has 0 heterocycles. The second-order valence-corrected chi connectivity index (χ2v) is 17.0. The van der Waals surface area contributed by atoms with Crippen LogP contribution in [0.3, 0.4) is 0 Å². The van der Waals surface area contributed by atoms with E-state index in [2.05, 4.69) is 16.0 Å². The maximum absolute atomic E-state index is 13.4. The van der Waals surface area contributed by atoms with Crippen molar-refractivity contribution in [3.05, 3.63) is 65.7 Å². The second-order valence-electron chi connectivity index (χ2n) is 12.5. The Morgan fingerprint density at radius 2 is 1.42 bits per heavy atom. The first-order chi connectivity index (χ1) is 21.0. The van der Waals surface area contributed by atoms with Gasteiger partial charge in [-0.2, -0.15) is 0 Å². The van der Waals surface area contributed by atoms with Gasteiger partial charge in [-0.15, -0.1) is 0 Å². The van der Waals surface area contributed by atoms with Gasteiger partial charge in [0, 0.05) is 25.8 Å². The summed E-state index contributed by atoms with van der Waals surface area (Å²) in [5, 5.41) is 8.55. The number of nitrogens with one attached hydrogen (secondary N) is 3. The van der Waals surface area contributed by atoms with E-state index in [1.165, 1.54) is 0 Å². The van der Waals surface area contributed by atoms with E-state index in [1.54, 1.807) is 50.2 Å². The lowest BCUT2D eigenvalue weighted by Crippen LogP contribution is -2.63. The van der Waals surface area contributed by atoms with Crippen molar-refractivity contribution in [1.82, 2.24) is 16.0 Å². The Balaban J connectivity index is 2.05. The fourth-order valence-corrected chi connectivity index (χ4v) is 8.69. The van der Waals surface area contributed by atoms with Crippen molar-refractivity contribution >= 4 is 42.9 Å². The Bertz CT molecular complexity index is 1320. The van der Waals surface area contributed by atoms with Crippen molar-refractivity contribution in [2.45, 2.75) is 83.5 Å². The summed E-state index contributed by atoms with van der Waals surface area (Å²) in [6.07, 6.45) is -0.0784. The van der Waals surface area contributed by atoms with E-state index < -0.39 is 55.2 Å². The first-order valence-electron chi connectivity index (χ1n) is 15.3. The molecule has 2 atom stereocenters. The van der Waals surface area contributed by atoms with E-state index in [4.69, 9.17) is 11.5 Å². The number of primary amides is 1. The molecule has 0 aromatic heterocycles. The van der Waals surface area contributed by atoms with E-state index in [0.29, 0.717) is 5.56 Å². The van der Waals surface area contributed by atoms with Crippen LogP contribution in [-0.2, 0) is 36.8 Å². The Kier molecular flexibility index (Phi) is 13.6. The number of hydrogen-bond donors (Lipinski definition) is 6.